The first-order valence-electron chi connectivity index (χ1n) is 8.56. The first-order valence-corrected chi connectivity index (χ1v) is 8.56. The van der Waals surface area contributed by atoms with E-state index in [0.717, 1.165) is 31.7 Å². The predicted molar refractivity (Wildman–Crippen MR) is 85.4 cm³/mol. The van der Waals surface area contributed by atoms with Crippen molar-refractivity contribution in [3.63, 3.8) is 0 Å². The van der Waals surface area contributed by atoms with E-state index in [1.54, 1.807) is 11.0 Å². The summed E-state index contributed by atoms with van der Waals surface area (Å²) in [6, 6.07) is 5.29. The summed E-state index contributed by atoms with van der Waals surface area (Å²) in [5.41, 5.74) is 4.90. The van der Waals surface area contributed by atoms with Crippen LogP contribution in [-0.4, -0.2) is 29.9 Å². The van der Waals surface area contributed by atoms with Gasteiger partial charge in [0.05, 0.1) is 11.0 Å². The lowest BCUT2D eigenvalue weighted by Gasteiger charge is -2.39. The fourth-order valence-electron chi connectivity index (χ4n) is 4.05. The van der Waals surface area contributed by atoms with Gasteiger partial charge in [-0.1, -0.05) is 37.5 Å². The predicted octanol–water partition coefficient (Wildman–Crippen LogP) is 3.47. The maximum Gasteiger partial charge on any atom is 0.416 e. The molecule has 2 N–H and O–H groups in total. The molecule has 24 heavy (non-hydrogen) atoms. The third-order valence-corrected chi connectivity index (χ3v) is 5.37. The Balaban J connectivity index is 1.98. The van der Waals surface area contributed by atoms with Crippen LogP contribution in [0.4, 0.5) is 13.2 Å². The van der Waals surface area contributed by atoms with E-state index in [-0.39, 0.29) is 11.9 Å². The highest BCUT2D eigenvalue weighted by molar-refractivity contribution is 5.88. The maximum atomic E-state index is 13.2. The summed E-state index contributed by atoms with van der Waals surface area (Å²) in [4.78, 5) is 15.0. The quantitative estimate of drug-likeness (QED) is 0.896. The van der Waals surface area contributed by atoms with Crippen molar-refractivity contribution in [1.29, 1.82) is 0 Å². The third kappa shape index (κ3) is 3.16. The lowest BCUT2D eigenvalue weighted by Crippen LogP contribution is -2.48. The summed E-state index contributed by atoms with van der Waals surface area (Å²) in [6.45, 7) is 1.10. The SMILES string of the molecule is N[C@@H]1CCN(C(=O)C2(c3cccc(C(F)(F)F)c3)CCCCC2)C1. The number of carbonyl (C=O) groups excluding carboxylic acids is 1. The standard InChI is InChI=1S/C18H23F3N2O/c19-18(20,21)14-6-4-5-13(11-14)17(8-2-1-3-9-17)16(24)23-10-7-15(22)12-23/h4-6,11,15H,1-3,7-10,12,22H2/t15-/m1/s1. The molecule has 1 saturated heterocycles. The van der Waals surface area contributed by atoms with Crippen LogP contribution in [0.3, 0.4) is 0 Å². The Kier molecular flexibility index (Phi) is 4.60. The summed E-state index contributed by atoms with van der Waals surface area (Å²) in [6.07, 6.45) is 0.324. The highest BCUT2D eigenvalue weighted by Gasteiger charge is 2.45. The molecule has 1 atom stereocenters. The van der Waals surface area contributed by atoms with Crippen LogP contribution in [0.1, 0.15) is 49.7 Å². The van der Waals surface area contributed by atoms with Crippen molar-refractivity contribution in [1.82, 2.24) is 4.90 Å². The summed E-state index contributed by atoms with van der Waals surface area (Å²) in [7, 11) is 0. The minimum absolute atomic E-state index is 0.0314. The highest BCUT2D eigenvalue weighted by Crippen LogP contribution is 2.43. The van der Waals surface area contributed by atoms with Gasteiger partial charge in [0.15, 0.2) is 0 Å². The lowest BCUT2D eigenvalue weighted by atomic mass is 9.68. The molecule has 0 aromatic heterocycles. The Morgan fingerprint density at radius 3 is 2.50 bits per heavy atom. The van der Waals surface area contributed by atoms with E-state index in [1.165, 1.54) is 12.1 Å². The molecular formula is C18H23F3N2O. The number of hydrogen-bond acceptors (Lipinski definition) is 2. The van der Waals surface area contributed by atoms with Crippen LogP contribution in [0.25, 0.3) is 0 Å². The summed E-state index contributed by atoms with van der Waals surface area (Å²) < 4.78 is 39.3. The summed E-state index contributed by atoms with van der Waals surface area (Å²) in [5.74, 6) is -0.0468. The molecule has 0 unspecified atom stereocenters. The molecule has 0 spiro atoms. The molecular weight excluding hydrogens is 317 g/mol. The van der Waals surface area contributed by atoms with Crippen LogP contribution in [0.15, 0.2) is 24.3 Å². The molecule has 6 heteroatoms. The van der Waals surface area contributed by atoms with Crippen molar-refractivity contribution in [2.45, 2.75) is 56.2 Å². The van der Waals surface area contributed by atoms with E-state index in [0.29, 0.717) is 31.5 Å². The smallest absolute Gasteiger partial charge is 0.340 e. The van der Waals surface area contributed by atoms with E-state index < -0.39 is 17.2 Å². The second kappa shape index (κ2) is 6.39. The van der Waals surface area contributed by atoms with Crippen molar-refractivity contribution >= 4 is 5.91 Å². The van der Waals surface area contributed by atoms with E-state index in [2.05, 4.69) is 0 Å². The number of hydrogen-bond donors (Lipinski definition) is 1. The Morgan fingerprint density at radius 1 is 1.21 bits per heavy atom. The largest absolute Gasteiger partial charge is 0.416 e. The lowest BCUT2D eigenvalue weighted by molar-refractivity contribution is -0.139. The van der Waals surface area contributed by atoms with Gasteiger partial charge in [-0.05, 0) is 30.9 Å². The minimum atomic E-state index is -4.40. The number of carbonyl (C=O) groups is 1. The number of halogens is 3. The summed E-state index contributed by atoms with van der Waals surface area (Å²) in [5, 5.41) is 0. The van der Waals surface area contributed by atoms with Crippen molar-refractivity contribution in [2.24, 2.45) is 5.73 Å². The molecule has 1 saturated carbocycles. The average molecular weight is 340 g/mol. The number of likely N-dealkylation sites (tertiary alicyclic amines) is 1. The van der Waals surface area contributed by atoms with Gasteiger partial charge in [0.1, 0.15) is 0 Å². The van der Waals surface area contributed by atoms with E-state index in [4.69, 9.17) is 5.73 Å². The molecule has 3 rings (SSSR count). The molecule has 1 heterocycles. The zero-order chi connectivity index (χ0) is 17.4. The first kappa shape index (κ1) is 17.3. The second-order valence-corrected chi connectivity index (χ2v) is 7.02. The van der Waals surface area contributed by atoms with Crippen LogP contribution < -0.4 is 5.73 Å². The molecule has 1 aromatic rings. The molecule has 2 fully saturated rings. The van der Waals surface area contributed by atoms with Crippen LogP contribution in [-0.2, 0) is 16.4 Å². The van der Waals surface area contributed by atoms with Gasteiger partial charge in [-0.15, -0.1) is 0 Å². The number of benzene rings is 1. The molecule has 0 bridgehead atoms. The molecule has 3 nitrogen and oxygen atoms in total. The maximum absolute atomic E-state index is 13.2. The molecule has 2 aliphatic rings. The van der Waals surface area contributed by atoms with E-state index >= 15 is 0 Å². The number of alkyl halides is 3. The Labute approximate surface area is 140 Å². The molecule has 1 aromatic carbocycles. The van der Waals surface area contributed by atoms with Crippen molar-refractivity contribution in [2.75, 3.05) is 13.1 Å². The number of nitrogens with zero attached hydrogens (tertiary/aromatic N) is 1. The first-order chi connectivity index (χ1) is 11.3. The summed E-state index contributed by atoms with van der Waals surface area (Å²) >= 11 is 0. The van der Waals surface area contributed by atoms with E-state index in [1.807, 2.05) is 0 Å². The highest BCUT2D eigenvalue weighted by atomic mass is 19.4. The fourth-order valence-corrected chi connectivity index (χ4v) is 4.05. The fraction of sp³-hybridized carbons (Fsp3) is 0.611. The van der Waals surface area contributed by atoms with Crippen LogP contribution in [0.5, 0.6) is 0 Å². The molecule has 1 amide bonds. The topological polar surface area (TPSA) is 46.3 Å². The number of nitrogens with two attached hydrogens (primary N) is 1. The zero-order valence-corrected chi connectivity index (χ0v) is 13.6. The Hall–Kier alpha value is -1.56. The van der Waals surface area contributed by atoms with Crippen LogP contribution in [0.2, 0.25) is 0 Å². The zero-order valence-electron chi connectivity index (χ0n) is 13.6. The molecule has 0 radical (unpaired) electrons. The van der Waals surface area contributed by atoms with Gasteiger partial charge in [0, 0.05) is 19.1 Å². The van der Waals surface area contributed by atoms with Gasteiger partial charge in [0.25, 0.3) is 0 Å². The van der Waals surface area contributed by atoms with E-state index in [9.17, 15) is 18.0 Å². The second-order valence-electron chi connectivity index (χ2n) is 7.02. The van der Waals surface area contributed by atoms with Crippen molar-refractivity contribution < 1.29 is 18.0 Å². The van der Waals surface area contributed by atoms with Gasteiger partial charge < -0.3 is 10.6 Å². The van der Waals surface area contributed by atoms with Crippen molar-refractivity contribution in [3.8, 4) is 0 Å². The molecule has 1 aliphatic carbocycles. The van der Waals surface area contributed by atoms with Gasteiger partial charge in [-0.25, -0.2) is 0 Å². The normalized spacial score (nSPS) is 24.2. The monoisotopic (exact) mass is 340 g/mol. The number of amides is 1. The van der Waals surface area contributed by atoms with Gasteiger partial charge in [-0.3, -0.25) is 4.79 Å². The Morgan fingerprint density at radius 2 is 1.92 bits per heavy atom. The average Bonchev–Trinajstić information content (AvgIpc) is 3.00. The molecule has 132 valence electrons. The van der Waals surface area contributed by atoms with Crippen molar-refractivity contribution in [3.05, 3.63) is 35.4 Å². The van der Waals surface area contributed by atoms with Gasteiger partial charge in [0.2, 0.25) is 5.91 Å². The van der Waals surface area contributed by atoms with Crippen LogP contribution >= 0.6 is 0 Å². The third-order valence-electron chi connectivity index (χ3n) is 5.37. The molecule has 1 aliphatic heterocycles. The Bertz CT molecular complexity index is 609. The van der Waals surface area contributed by atoms with Crippen LogP contribution in [0, 0.1) is 0 Å². The van der Waals surface area contributed by atoms with Gasteiger partial charge in [-0.2, -0.15) is 13.2 Å². The number of rotatable bonds is 2. The van der Waals surface area contributed by atoms with Gasteiger partial charge >= 0.3 is 6.18 Å². The minimum Gasteiger partial charge on any atom is -0.340 e.